The van der Waals surface area contributed by atoms with E-state index in [-0.39, 0.29) is 6.54 Å². The van der Waals surface area contributed by atoms with Crippen LogP contribution in [0.2, 0.25) is 0 Å². The zero-order valence-corrected chi connectivity index (χ0v) is 14.2. The molecule has 1 amide bonds. The van der Waals surface area contributed by atoms with Crippen LogP contribution < -0.4 is 9.62 Å². The first kappa shape index (κ1) is 17.5. The minimum atomic E-state index is -3.61. The van der Waals surface area contributed by atoms with Crippen molar-refractivity contribution >= 4 is 27.3 Å². The molecule has 0 spiro atoms. The summed E-state index contributed by atoms with van der Waals surface area (Å²) >= 11 is 0. The molecular weight excluding hydrogens is 326 g/mol. The standard InChI is InChI=1S/C17H17N3O3S/c1-13-5-3-4-6-16(13)20(24(2,22)23)12-17(21)19-15-9-7-14(11-18)8-10-15/h3-10H,12H2,1-2H3,(H,19,21). The van der Waals surface area contributed by atoms with Crippen LogP contribution in [0.15, 0.2) is 48.5 Å². The molecule has 24 heavy (non-hydrogen) atoms. The monoisotopic (exact) mass is 343 g/mol. The topological polar surface area (TPSA) is 90.3 Å². The number of benzene rings is 2. The fourth-order valence-corrected chi connectivity index (χ4v) is 3.10. The maximum absolute atomic E-state index is 12.2. The van der Waals surface area contributed by atoms with E-state index in [1.807, 2.05) is 6.07 Å². The summed E-state index contributed by atoms with van der Waals surface area (Å²) in [4.78, 5) is 12.2. The minimum Gasteiger partial charge on any atom is -0.325 e. The molecule has 0 saturated carbocycles. The van der Waals surface area contributed by atoms with Gasteiger partial charge < -0.3 is 5.32 Å². The van der Waals surface area contributed by atoms with Crippen molar-refractivity contribution in [2.45, 2.75) is 6.92 Å². The Hall–Kier alpha value is -2.85. The molecule has 7 heteroatoms. The second-order valence-electron chi connectivity index (χ2n) is 5.29. The molecule has 124 valence electrons. The summed E-state index contributed by atoms with van der Waals surface area (Å²) in [7, 11) is -3.61. The highest BCUT2D eigenvalue weighted by Gasteiger charge is 2.22. The number of aryl methyl sites for hydroxylation is 1. The van der Waals surface area contributed by atoms with Gasteiger partial charge >= 0.3 is 0 Å². The van der Waals surface area contributed by atoms with Crippen molar-refractivity contribution in [3.63, 3.8) is 0 Å². The maximum atomic E-state index is 12.2. The molecule has 0 aliphatic heterocycles. The lowest BCUT2D eigenvalue weighted by Gasteiger charge is -2.23. The van der Waals surface area contributed by atoms with Crippen molar-refractivity contribution in [3.8, 4) is 6.07 Å². The van der Waals surface area contributed by atoms with Gasteiger partial charge in [0.15, 0.2) is 0 Å². The normalized spacial score (nSPS) is 10.7. The summed E-state index contributed by atoms with van der Waals surface area (Å²) in [5.74, 6) is -0.464. The van der Waals surface area contributed by atoms with Crippen molar-refractivity contribution in [2.24, 2.45) is 0 Å². The lowest BCUT2D eigenvalue weighted by molar-refractivity contribution is -0.114. The summed E-state index contributed by atoms with van der Waals surface area (Å²) in [5.41, 5.74) is 2.20. The Kier molecular flexibility index (Phi) is 5.21. The number of nitrogens with one attached hydrogen (secondary N) is 1. The minimum absolute atomic E-state index is 0.330. The highest BCUT2D eigenvalue weighted by molar-refractivity contribution is 7.92. The van der Waals surface area contributed by atoms with E-state index in [1.165, 1.54) is 0 Å². The Labute approximate surface area is 141 Å². The molecule has 0 saturated heterocycles. The van der Waals surface area contributed by atoms with Gasteiger partial charge in [0, 0.05) is 5.69 Å². The summed E-state index contributed by atoms with van der Waals surface area (Å²) in [6.07, 6.45) is 1.06. The number of anilines is 2. The number of carbonyl (C=O) groups excluding carboxylic acids is 1. The molecule has 2 rings (SSSR count). The molecule has 2 aromatic carbocycles. The molecule has 0 fully saturated rings. The predicted molar refractivity (Wildman–Crippen MR) is 93.2 cm³/mol. The first-order valence-corrected chi connectivity index (χ1v) is 8.99. The van der Waals surface area contributed by atoms with E-state index in [4.69, 9.17) is 5.26 Å². The molecule has 1 N–H and O–H groups in total. The Bertz CT molecular complexity index is 884. The van der Waals surface area contributed by atoms with E-state index in [0.29, 0.717) is 16.9 Å². The molecule has 0 aromatic heterocycles. The summed E-state index contributed by atoms with van der Waals surface area (Å²) in [5, 5.41) is 11.4. The summed E-state index contributed by atoms with van der Waals surface area (Å²) in [6, 6.07) is 15.3. The van der Waals surface area contributed by atoms with Crippen LogP contribution in [0.5, 0.6) is 0 Å². The molecule has 0 atom stereocenters. The Morgan fingerprint density at radius 3 is 2.33 bits per heavy atom. The van der Waals surface area contributed by atoms with Crippen LogP contribution in [0.3, 0.4) is 0 Å². The lowest BCUT2D eigenvalue weighted by atomic mass is 10.2. The number of rotatable bonds is 5. The Morgan fingerprint density at radius 1 is 1.17 bits per heavy atom. The van der Waals surface area contributed by atoms with Crippen LogP contribution in [-0.4, -0.2) is 27.1 Å². The largest absolute Gasteiger partial charge is 0.325 e. The van der Waals surface area contributed by atoms with Crippen LogP contribution in [0.4, 0.5) is 11.4 Å². The number of para-hydroxylation sites is 1. The van der Waals surface area contributed by atoms with E-state index in [1.54, 1.807) is 55.5 Å². The van der Waals surface area contributed by atoms with E-state index < -0.39 is 15.9 Å². The van der Waals surface area contributed by atoms with Gasteiger partial charge in [0.2, 0.25) is 15.9 Å². The van der Waals surface area contributed by atoms with Gasteiger partial charge in [-0.15, -0.1) is 0 Å². The number of hydrogen-bond donors (Lipinski definition) is 1. The quantitative estimate of drug-likeness (QED) is 0.902. The fourth-order valence-electron chi connectivity index (χ4n) is 2.18. The van der Waals surface area contributed by atoms with Crippen molar-refractivity contribution in [1.82, 2.24) is 0 Å². The van der Waals surface area contributed by atoms with Gasteiger partial charge in [0.25, 0.3) is 0 Å². The molecule has 0 radical (unpaired) electrons. The summed E-state index contributed by atoms with van der Waals surface area (Å²) in [6.45, 7) is 1.45. The highest BCUT2D eigenvalue weighted by Crippen LogP contribution is 2.22. The molecule has 0 bridgehead atoms. The maximum Gasteiger partial charge on any atom is 0.245 e. The van der Waals surface area contributed by atoms with Gasteiger partial charge in [0.1, 0.15) is 6.54 Å². The van der Waals surface area contributed by atoms with Gasteiger partial charge in [0.05, 0.1) is 23.6 Å². The average molecular weight is 343 g/mol. The van der Waals surface area contributed by atoms with Crippen LogP contribution in [0.1, 0.15) is 11.1 Å². The van der Waals surface area contributed by atoms with Crippen molar-refractivity contribution in [2.75, 3.05) is 22.4 Å². The third-order valence-electron chi connectivity index (χ3n) is 3.37. The van der Waals surface area contributed by atoms with Gasteiger partial charge in [-0.3, -0.25) is 9.10 Å². The second kappa shape index (κ2) is 7.15. The predicted octanol–water partition coefficient (Wildman–Crippen LogP) is 2.27. The van der Waals surface area contributed by atoms with Gasteiger partial charge in [-0.2, -0.15) is 5.26 Å². The molecule has 0 aliphatic carbocycles. The van der Waals surface area contributed by atoms with E-state index in [9.17, 15) is 13.2 Å². The SMILES string of the molecule is Cc1ccccc1N(CC(=O)Nc1ccc(C#N)cc1)S(C)(=O)=O. The number of carbonyl (C=O) groups is 1. The van der Waals surface area contributed by atoms with E-state index >= 15 is 0 Å². The lowest BCUT2D eigenvalue weighted by Crippen LogP contribution is -2.37. The third-order valence-corrected chi connectivity index (χ3v) is 4.50. The van der Waals surface area contributed by atoms with Gasteiger partial charge in [-0.05, 0) is 42.8 Å². The van der Waals surface area contributed by atoms with Crippen molar-refractivity contribution in [1.29, 1.82) is 5.26 Å². The zero-order valence-electron chi connectivity index (χ0n) is 13.4. The Balaban J connectivity index is 2.19. The van der Waals surface area contributed by atoms with Crippen molar-refractivity contribution in [3.05, 3.63) is 59.7 Å². The number of amides is 1. The number of hydrogen-bond acceptors (Lipinski definition) is 4. The first-order valence-electron chi connectivity index (χ1n) is 7.14. The molecule has 0 unspecified atom stereocenters. The average Bonchev–Trinajstić information content (AvgIpc) is 2.53. The molecule has 2 aromatic rings. The molecule has 0 aliphatic rings. The smallest absolute Gasteiger partial charge is 0.245 e. The fraction of sp³-hybridized carbons (Fsp3) is 0.176. The van der Waals surface area contributed by atoms with Crippen LogP contribution in [0, 0.1) is 18.3 Å². The molecular formula is C17H17N3O3S. The van der Waals surface area contributed by atoms with Crippen LogP contribution in [-0.2, 0) is 14.8 Å². The van der Waals surface area contributed by atoms with Gasteiger partial charge in [-0.1, -0.05) is 18.2 Å². The van der Waals surface area contributed by atoms with Crippen molar-refractivity contribution < 1.29 is 13.2 Å². The number of nitriles is 1. The second-order valence-corrected chi connectivity index (χ2v) is 7.20. The summed E-state index contributed by atoms with van der Waals surface area (Å²) < 4.78 is 25.2. The zero-order chi connectivity index (χ0) is 17.7. The van der Waals surface area contributed by atoms with Crippen LogP contribution >= 0.6 is 0 Å². The van der Waals surface area contributed by atoms with Gasteiger partial charge in [-0.25, -0.2) is 8.42 Å². The van der Waals surface area contributed by atoms with Crippen LogP contribution in [0.25, 0.3) is 0 Å². The highest BCUT2D eigenvalue weighted by atomic mass is 32.2. The van der Waals surface area contributed by atoms with E-state index in [2.05, 4.69) is 5.32 Å². The molecule has 6 nitrogen and oxygen atoms in total. The number of sulfonamides is 1. The number of nitrogens with zero attached hydrogens (tertiary/aromatic N) is 2. The van der Waals surface area contributed by atoms with E-state index in [0.717, 1.165) is 16.1 Å². The third kappa shape index (κ3) is 4.33. The Morgan fingerprint density at radius 2 is 1.79 bits per heavy atom. The molecule has 0 heterocycles. The first-order chi connectivity index (χ1) is 11.3.